The van der Waals surface area contributed by atoms with Gasteiger partial charge in [0.2, 0.25) is 5.91 Å². The van der Waals surface area contributed by atoms with E-state index in [1.54, 1.807) is 0 Å². The van der Waals surface area contributed by atoms with Crippen molar-refractivity contribution in [2.75, 3.05) is 6.54 Å². The van der Waals surface area contributed by atoms with Crippen LogP contribution in [0.5, 0.6) is 0 Å². The van der Waals surface area contributed by atoms with Crippen molar-refractivity contribution in [1.29, 1.82) is 0 Å². The maximum absolute atomic E-state index is 11.8. The molecule has 92 valence electrons. The number of carbonyl (C=O) groups excluding carboxylic acids is 1. The molecule has 0 rings (SSSR count). The third-order valence-electron chi connectivity index (χ3n) is 2.69. The maximum atomic E-state index is 11.8. The summed E-state index contributed by atoms with van der Waals surface area (Å²) >= 11 is 0. The van der Waals surface area contributed by atoms with Gasteiger partial charge in [-0.3, -0.25) is 4.79 Å². The average Bonchev–Trinajstić information content (AvgIpc) is 2.28. The van der Waals surface area contributed by atoms with E-state index in [-0.39, 0.29) is 11.8 Å². The molecule has 0 aliphatic heterocycles. The Morgan fingerprint density at radius 2 is 1.88 bits per heavy atom. The van der Waals surface area contributed by atoms with Gasteiger partial charge in [-0.2, -0.15) is 0 Å². The van der Waals surface area contributed by atoms with Crippen LogP contribution >= 0.6 is 0 Å². The molecule has 0 spiro atoms. The number of nitrogens with one attached hydrogen (secondary N) is 1. The van der Waals surface area contributed by atoms with Crippen molar-refractivity contribution in [1.82, 2.24) is 5.32 Å². The van der Waals surface area contributed by atoms with E-state index in [1.807, 2.05) is 0 Å². The zero-order valence-corrected chi connectivity index (χ0v) is 10.7. The second kappa shape index (κ2) is 10.5. The van der Waals surface area contributed by atoms with Gasteiger partial charge in [0.1, 0.15) is 0 Å². The van der Waals surface area contributed by atoms with Crippen molar-refractivity contribution in [3.05, 3.63) is 0 Å². The second-order valence-electron chi connectivity index (χ2n) is 4.23. The molecule has 0 saturated carbocycles. The number of rotatable bonds is 9. The topological polar surface area (TPSA) is 29.1 Å². The number of amides is 1. The molecule has 0 bridgehead atoms. The molecule has 0 fully saturated rings. The normalized spacial score (nSPS) is 10.1. The number of carbonyl (C=O) groups is 1. The van der Waals surface area contributed by atoms with Crippen LogP contribution in [0, 0.1) is 18.3 Å². The lowest BCUT2D eigenvalue weighted by Gasteiger charge is -2.14. The zero-order valence-electron chi connectivity index (χ0n) is 10.7. The standard InChI is InChI=1S/C14H25NO/c1-4-7-8-9-12-15-14(16)13(10-5-2)11-6-3/h1,13H,5-12H2,2-3H3,(H,15,16). The smallest absolute Gasteiger partial charge is 0.223 e. The summed E-state index contributed by atoms with van der Waals surface area (Å²) in [4.78, 5) is 11.8. The molecule has 2 heteroatoms. The van der Waals surface area contributed by atoms with Crippen LogP contribution in [-0.2, 0) is 4.79 Å². The van der Waals surface area contributed by atoms with Crippen LogP contribution in [0.15, 0.2) is 0 Å². The van der Waals surface area contributed by atoms with Crippen molar-refractivity contribution < 1.29 is 4.79 Å². The molecular formula is C14H25NO. The van der Waals surface area contributed by atoms with Crippen LogP contribution in [0.2, 0.25) is 0 Å². The molecule has 1 amide bonds. The fourth-order valence-electron chi connectivity index (χ4n) is 1.81. The molecule has 2 nitrogen and oxygen atoms in total. The lowest BCUT2D eigenvalue weighted by molar-refractivity contribution is -0.125. The SMILES string of the molecule is C#CCCCCNC(=O)C(CCC)CCC. The quantitative estimate of drug-likeness (QED) is 0.472. The molecule has 1 N–H and O–H groups in total. The minimum Gasteiger partial charge on any atom is -0.356 e. The van der Waals surface area contributed by atoms with Gasteiger partial charge in [0, 0.05) is 18.9 Å². The summed E-state index contributed by atoms with van der Waals surface area (Å²) in [5.74, 6) is 3.04. The number of hydrogen-bond donors (Lipinski definition) is 1. The van der Waals surface area contributed by atoms with Crippen molar-refractivity contribution in [3.63, 3.8) is 0 Å². The summed E-state index contributed by atoms with van der Waals surface area (Å²) in [6, 6.07) is 0. The van der Waals surface area contributed by atoms with Crippen LogP contribution in [-0.4, -0.2) is 12.5 Å². The molecule has 0 atom stereocenters. The minimum absolute atomic E-state index is 0.211. The van der Waals surface area contributed by atoms with Crippen LogP contribution < -0.4 is 5.32 Å². The van der Waals surface area contributed by atoms with Gasteiger partial charge in [0.15, 0.2) is 0 Å². The van der Waals surface area contributed by atoms with Crippen molar-refractivity contribution in [2.45, 2.75) is 58.8 Å². The van der Waals surface area contributed by atoms with Gasteiger partial charge >= 0.3 is 0 Å². The summed E-state index contributed by atoms with van der Waals surface area (Å²) in [5.41, 5.74) is 0. The van der Waals surface area contributed by atoms with Gasteiger partial charge in [-0.05, 0) is 25.7 Å². The largest absolute Gasteiger partial charge is 0.356 e. The summed E-state index contributed by atoms with van der Waals surface area (Å²) in [5, 5.41) is 3.00. The molecule has 0 saturated heterocycles. The molecule has 0 radical (unpaired) electrons. The fraction of sp³-hybridized carbons (Fsp3) is 0.786. The van der Waals surface area contributed by atoms with E-state index in [4.69, 9.17) is 6.42 Å². The first-order valence-electron chi connectivity index (χ1n) is 6.47. The van der Waals surface area contributed by atoms with Crippen molar-refractivity contribution in [2.24, 2.45) is 5.92 Å². The Labute approximate surface area is 100 Å². The Kier molecular flexibility index (Phi) is 9.91. The number of terminal acetylenes is 1. The highest BCUT2D eigenvalue weighted by atomic mass is 16.1. The van der Waals surface area contributed by atoms with Crippen LogP contribution in [0.25, 0.3) is 0 Å². The molecule has 0 aromatic heterocycles. The Hall–Kier alpha value is -0.970. The van der Waals surface area contributed by atoms with Crippen molar-refractivity contribution >= 4 is 5.91 Å². The third-order valence-corrected chi connectivity index (χ3v) is 2.69. The lowest BCUT2D eigenvalue weighted by atomic mass is 9.97. The predicted octanol–water partition coefficient (Wildman–Crippen LogP) is 3.12. The van der Waals surface area contributed by atoms with E-state index in [9.17, 15) is 4.79 Å². The van der Waals surface area contributed by atoms with Crippen molar-refractivity contribution in [3.8, 4) is 12.3 Å². The molecule has 0 aromatic rings. The lowest BCUT2D eigenvalue weighted by Crippen LogP contribution is -2.31. The minimum atomic E-state index is 0.211. The average molecular weight is 223 g/mol. The van der Waals surface area contributed by atoms with E-state index in [0.717, 1.165) is 51.5 Å². The third kappa shape index (κ3) is 7.34. The first-order chi connectivity index (χ1) is 7.76. The van der Waals surface area contributed by atoms with Gasteiger partial charge in [-0.15, -0.1) is 12.3 Å². The van der Waals surface area contributed by atoms with Gasteiger partial charge in [0.05, 0.1) is 0 Å². The Bertz CT molecular complexity index is 211. The maximum Gasteiger partial charge on any atom is 0.223 e. The van der Waals surface area contributed by atoms with Crippen LogP contribution in [0.3, 0.4) is 0 Å². The van der Waals surface area contributed by atoms with E-state index < -0.39 is 0 Å². The van der Waals surface area contributed by atoms with Gasteiger partial charge in [0.25, 0.3) is 0 Å². The predicted molar refractivity (Wildman–Crippen MR) is 69.0 cm³/mol. The van der Waals surface area contributed by atoms with Gasteiger partial charge < -0.3 is 5.32 Å². The Morgan fingerprint density at radius 1 is 1.25 bits per heavy atom. The Morgan fingerprint density at radius 3 is 2.38 bits per heavy atom. The number of hydrogen-bond acceptors (Lipinski definition) is 1. The highest BCUT2D eigenvalue weighted by Crippen LogP contribution is 2.13. The molecule has 0 unspecified atom stereocenters. The molecule has 0 heterocycles. The molecule has 16 heavy (non-hydrogen) atoms. The van der Waals surface area contributed by atoms with E-state index in [1.165, 1.54) is 0 Å². The molecule has 0 aliphatic rings. The van der Waals surface area contributed by atoms with E-state index in [0.29, 0.717) is 0 Å². The fourth-order valence-corrected chi connectivity index (χ4v) is 1.81. The van der Waals surface area contributed by atoms with Gasteiger partial charge in [-0.25, -0.2) is 0 Å². The van der Waals surface area contributed by atoms with Crippen LogP contribution in [0.4, 0.5) is 0 Å². The molecule has 0 aliphatic carbocycles. The molecular weight excluding hydrogens is 198 g/mol. The van der Waals surface area contributed by atoms with Crippen LogP contribution in [0.1, 0.15) is 58.8 Å². The second-order valence-corrected chi connectivity index (χ2v) is 4.23. The summed E-state index contributed by atoms with van der Waals surface area (Å²) in [7, 11) is 0. The number of unbranched alkanes of at least 4 members (excludes halogenated alkanes) is 2. The monoisotopic (exact) mass is 223 g/mol. The zero-order chi connectivity index (χ0) is 12.2. The summed E-state index contributed by atoms with van der Waals surface area (Å²) in [6.07, 6.45) is 12.1. The van der Waals surface area contributed by atoms with E-state index >= 15 is 0 Å². The van der Waals surface area contributed by atoms with E-state index in [2.05, 4.69) is 25.1 Å². The highest BCUT2D eigenvalue weighted by molar-refractivity contribution is 5.78. The summed E-state index contributed by atoms with van der Waals surface area (Å²) < 4.78 is 0. The summed E-state index contributed by atoms with van der Waals surface area (Å²) in [6.45, 7) is 5.02. The Balaban J connectivity index is 3.70. The first kappa shape index (κ1) is 15.0. The first-order valence-corrected chi connectivity index (χ1v) is 6.47. The highest BCUT2D eigenvalue weighted by Gasteiger charge is 2.15. The van der Waals surface area contributed by atoms with Gasteiger partial charge in [-0.1, -0.05) is 26.7 Å². The molecule has 0 aromatic carbocycles.